The molecular weight excluding hydrogens is 372 g/mol. The number of ether oxygens (including phenoxy) is 1. The van der Waals surface area contributed by atoms with E-state index in [4.69, 9.17) is 4.74 Å². The largest absolute Gasteiger partial charge is 0.466 e. The summed E-state index contributed by atoms with van der Waals surface area (Å²) in [6, 6.07) is 0. The Morgan fingerprint density at radius 3 is 2.59 bits per heavy atom. The highest BCUT2D eigenvalue weighted by atomic mass is 16.5. The molecule has 0 aliphatic carbocycles. The third kappa shape index (κ3) is 4.18. The number of likely N-dealkylation sites (tertiary alicyclic amines) is 1. The van der Waals surface area contributed by atoms with Gasteiger partial charge in [-0.05, 0) is 39.0 Å². The van der Waals surface area contributed by atoms with E-state index in [9.17, 15) is 9.59 Å². The highest BCUT2D eigenvalue weighted by Crippen LogP contribution is 2.25. The van der Waals surface area contributed by atoms with Crippen molar-refractivity contribution in [1.29, 1.82) is 0 Å². The van der Waals surface area contributed by atoms with Gasteiger partial charge in [-0.2, -0.15) is 5.10 Å². The van der Waals surface area contributed by atoms with Gasteiger partial charge < -0.3 is 14.5 Å². The van der Waals surface area contributed by atoms with E-state index in [1.807, 2.05) is 6.92 Å². The lowest BCUT2D eigenvalue weighted by Gasteiger charge is -2.30. The molecule has 0 atom stereocenters. The Hall–Kier alpha value is -2.71. The van der Waals surface area contributed by atoms with Crippen molar-refractivity contribution < 1.29 is 14.3 Å². The first-order valence-corrected chi connectivity index (χ1v) is 10.5. The molecule has 0 saturated carbocycles. The molecule has 2 saturated heterocycles. The SMILES string of the molecule is CCOC(=O)C1CCN(C(=O)Cn2ncc3c(N4CCCCC4)ncnc32)CC1. The first-order valence-electron chi connectivity index (χ1n) is 10.5. The zero-order valence-corrected chi connectivity index (χ0v) is 16.9. The van der Waals surface area contributed by atoms with Crippen LogP contribution in [0, 0.1) is 5.92 Å². The van der Waals surface area contributed by atoms with Crippen LogP contribution in [0.3, 0.4) is 0 Å². The molecule has 0 aromatic carbocycles. The quantitative estimate of drug-likeness (QED) is 0.704. The Balaban J connectivity index is 1.42. The molecule has 156 valence electrons. The summed E-state index contributed by atoms with van der Waals surface area (Å²) < 4.78 is 6.75. The Kier molecular flexibility index (Phi) is 5.92. The van der Waals surface area contributed by atoms with Crippen molar-refractivity contribution >= 4 is 28.7 Å². The van der Waals surface area contributed by atoms with Crippen LogP contribution in [0.2, 0.25) is 0 Å². The fraction of sp³-hybridized carbons (Fsp3) is 0.650. The number of esters is 1. The van der Waals surface area contributed by atoms with Gasteiger partial charge in [0.15, 0.2) is 5.65 Å². The molecule has 4 heterocycles. The summed E-state index contributed by atoms with van der Waals surface area (Å²) in [4.78, 5) is 37.6. The molecule has 0 spiro atoms. The van der Waals surface area contributed by atoms with Crippen LogP contribution in [-0.4, -0.2) is 69.3 Å². The Labute approximate surface area is 170 Å². The van der Waals surface area contributed by atoms with Crippen LogP contribution in [0.1, 0.15) is 39.0 Å². The van der Waals surface area contributed by atoms with E-state index in [0.29, 0.717) is 38.2 Å². The fourth-order valence-corrected chi connectivity index (χ4v) is 4.21. The highest BCUT2D eigenvalue weighted by molar-refractivity contribution is 5.88. The molecule has 0 radical (unpaired) electrons. The summed E-state index contributed by atoms with van der Waals surface area (Å²) in [5, 5.41) is 5.31. The van der Waals surface area contributed by atoms with Gasteiger partial charge in [0, 0.05) is 26.2 Å². The average Bonchev–Trinajstić information content (AvgIpc) is 3.17. The van der Waals surface area contributed by atoms with E-state index in [-0.39, 0.29) is 24.3 Å². The summed E-state index contributed by atoms with van der Waals surface area (Å²) in [6.45, 7) is 5.46. The van der Waals surface area contributed by atoms with Gasteiger partial charge in [-0.25, -0.2) is 14.6 Å². The molecule has 0 unspecified atom stereocenters. The van der Waals surface area contributed by atoms with Crippen molar-refractivity contribution in [3.63, 3.8) is 0 Å². The monoisotopic (exact) mass is 400 g/mol. The molecule has 2 aliphatic heterocycles. The van der Waals surface area contributed by atoms with E-state index in [0.717, 1.165) is 24.3 Å². The minimum atomic E-state index is -0.153. The molecule has 9 nitrogen and oxygen atoms in total. The number of aromatic nitrogens is 4. The summed E-state index contributed by atoms with van der Waals surface area (Å²) in [7, 11) is 0. The van der Waals surface area contributed by atoms with Gasteiger partial charge in [-0.1, -0.05) is 0 Å². The lowest BCUT2D eigenvalue weighted by molar-refractivity contribution is -0.151. The molecule has 2 aliphatic rings. The third-order valence-electron chi connectivity index (χ3n) is 5.82. The molecule has 2 aromatic heterocycles. The molecular formula is C20H28N6O3. The summed E-state index contributed by atoms with van der Waals surface area (Å²) >= 11 is 0. The van der Waals surface area contributed by atoms with Crippen LogP contribution in [0.15, 0.2) is 12.5 Å². The second kappa shape index (κ2) is 8.75. The van der Waals surface area contributed by atoms with Gasteiger partial charge in [0.25, 0.3) is 0 Å². The van der Waals surface area contributed by atoms with Crippen LogP contribution in [0.25, 0.3) is 11.0 Å². The first-order chi connectivity index (χ1) is 14.2. The number of hydrogen-bond donors (Lipinski definition) is 0. The van der Waals surface area contributed by atoms with Crippen molar-refractivity contribution in [2.45, 2.75) is 45.6 Å². The summed E-state index contributed by atoms with van der Waals surface area (Å²) in [6.07, 6.45) is 8.20. The topological polar surface area (TPSA) is 93.5 Å². The number of amides is 1. The number of nitrogens with zero attached hydrogens (tertiary/aromatic N) is 6. The number of piperidine rings is 2. The molecule has 2 aromatic rings. The normalized spacial score (nSPS) is 18.2. The van der Waals surface area contributed by atoms with Gasteiger partial charge in [0.2, 0.25) is 5.91 Å². The minimum Gasteiger partial charge on any atom is -0.466 e. The molecule has 4 rings (SSSR count). The zero-order valence-electron chi connectivity index (χ0n) is 16.9. The van der Waals surface area contributed by atoms with Crippen molar-refractivity contribution in [2.75, 3.05) is 37.7 Å². The molecule has 29 heavy (non-hydrogen) atoms. The summed E-state index contributed by atoms with van der Waals surface area (Å²) in [5.41, 5.74) is 0.690. The maximum atomic E-state index is 12.8. The molecule has 1 amide bonds. The minimum absolute atomic E-state index is 0.00422. The molecule has 9 heteroatoms. The number of carbonyl (C=O) groups is 2. The number of rotatable bonds is 5. The predicted molar refractivity (Wildman–Crippen MR) is 107 cm³/mol. The smallest absolute Gasteiger partial charge is 0.309 e. The molecule has 2 fully saturated rings. The van der Waals surface area contributed by atoms with Gasteiger partial charge in [-0.3, -0.25) is 9.59 Å². The fourth-order valence-electron chi connectivity index (χ4n) is 4.21. The summed E-state index contributed by atoms with van der Waals surface area (Å²) in [5.74, 6) is 0.642. The maximum absolute atomic E-state index is 12.8. The van der Waals surface area contributed by atoms with Crippen LogP contribution < -0.4 is 4.90 Å². The van der Waals surface area contributed by atoms with Crippen molar-refractivity contribution in [1.82, 2.24) is 24.6 Å². The Morgan fingerprint density at radius 2 is 1.86 bits per heavy atom. The predicted octanol–water partition coefficient (Wildman–Crippen LogP) is 1.62. The zero-order chi connectivity index (χ0) is 20.2. The standard InChI is InChI=1S/C20H28N6O3/c1-2-29-20(28)15-6-10-24(11-7-15)17(27)13-26-19-16(12-23-26)18(21-14-22-19)25-8-4-3-5-9-25/h12,14-15H,2-11,13H2,1H3. The van der Waals surface area contributed by atoms with Gasteiger partial charge in [0.1, 0.15) is 18.7 Å². The van der Waals surface area contributed by atoms with Gasteiger partial charge in [0.05, 0.1) is 24.1 Å². The average molecular weight is 400 g/mol. The lowest BCUT2D eigenvalue weighted by atomic mass is 9.97. The van der Waals surface area contributed by atoms with E-state index < -0.39 is 0 Å². The van der Waals surface area contributed by atoms with Crippen LogP contribution in [-0.2, 0) is 20.9 Å². The van der Waals surface area contributed by atoms with Crippen molar-refractivity contribution in [2.24, 2.45) is 5.92 Å². The molecule has 0 bridgehead atoms. The van der Waals surface area contributed by atoms with Crippen molar-refractivity contribution in [3.8, 4) is 0 Å². The van der Waals surface area contributed by atoms with Crippen LogP contribution in [0.4, 0.5) is 5.82 Å². The second-order valence-corrected chi connectivity index (χ2v) is 7.69. The molecule has 0 N–H and O–H groups in total. The Bertz CT molecular complexity index is 868. The number of anilines is 1. The maximum Gasteiger partial charge on any atom is 0.309 e. The Morgan fingerprint density at radius 1 is 1.10 bits per heavy atom. The first kappa shape index (κ1) is 19.6. The van der Waals surface area contributed by atoms with E-state index in [1.54, 1.807) is 22.1 Å². The second-order valence-electron chi connectivity index (χ2n) is 7.69. The van der Waals surface area contributed by atoms with Gasteiger partial charge >= 0.3 is 5.97 Å². The lowest BCUT2D eigenvalue weighted by Crippen LogP contribution is -2.42. The number of carbonyl (C=O) groups excluding carboxylic acids is 2. The van der Waals surface area contributed by atoms with Crippen LogP contribution >= 0.6 is 0 Å². The van der Waals surface area contributed by atoms with Crippen LogP contribution in [0.5, 0.6) is 0 Å². The highest BCUT2D eigenvalue weighted by Gasteiger charge is 2.28. The number of hydrogen-bond acceptors (Lipinski definition) is 7. The van der Waals surface area contributed by atoms with Crippen molar-refractivity contribution in [3.05, 3.63) is 12.5 Å². The van der Waals surface area contributed by atoms with E-state index in [2.05, 4.69) is 20.0 Å². The van der Waals surface area contributed by atoms with E-state index >= 15 is 0 Å². The van der Waals surface area contributed by atoms with Gasteiger partial charge in [-0.15, -0.1) is 0 Å². The number of fused-ring (bicyclic) bond motifs is 1. The van der Waals surface area contributed by atoms with E-state index in [1.165, 1.54) is 19.3 Å². The third-order valence-corrected chi connectivity index (χ3v) is 5.82.